The topological polar surface area (TPSA) is 28.9 Å². The minimum atomic E-state index is 0.345. The second-order valence-electron chi connectivity index (χ2n) is 6.58. The summed E-state index contributed by atoms with van der Waals surface area (Å²) in [6.45, 7) is 7.18. The number of thiocarbonyl (C=S) groups is 1. The first-order valence-corrected chi connectivity index (χ1v) is 9.41. The summed E-state index contributed by atoms with van der Waals surface area (Å²) in [7, 11) is 0. The third kappa shape index (κ3) is 5.30. The second-order valence-corrected chi connectivity index (χ2v) is 6.96. The molecule has 1 atom stereocenters. The number of piperazine rings is 1. The molecule has 2 fully saturated rings. The first-order chi connectivity index (χ1) is 11.8. The lowest BCUT2D eigenvalue weighted by molar-refractivity contribution is -0.897. The van der Waals surface area contributed by atoms with Crippen LogP contribution in [-0.2, 0) is 4.74 Å². The normalized spacial score (nSPS) is 22.2. The predicted octanol–water partition coefficient (Wildman–Crippen LogP) is 0.954. The van der Waals surface area contributed by atoms with Gasteiger partial charge in [-0.15, -0.1) is 0 Å². The summed E-state index contributed by atoms with van der Waals surface area (Å²) >= 11 is 5.53. The molecule has 1 aromatic rings. The number of nitrogens with zero attached hydrogens (tertiary/aromatic N) is 1. The van der Waals surface area contributed by atoms with Gasteiger partial charge in [-0.05, 0) is 36.7 Å². The van der Waals surface area contributed by atoms with E-state index in [1.165, 1.54) is 12.0 Å². The van der Waals surface area contributed by atoms with Crippen molar-refractivity contribution in [3.63, 3.8) is 0 Å². The van der Waals surface area contributed by atoms with Crippen LogP contribution in [0.5, 0.6) is 0 Å². The van der Waals surface area contributed by atoms with E-state index in [4.69, 9.17) is 17.0 Å². The van der Waals surface area contributed by atoms with E-state index < -0.39 is 0 Å². The van der Waals surface area contributed by atoms with Crippen LogP contribution in [-0.4, -0.2) is 62.0 Å². The molecule has 5 heteroatoms. The Hall–Kier alpha value is -1.43. The molecule has 2 N–H and O–H groups in total. The highest BCUT2D eigenvalue weighted by molar-refractivity contribution is 7.80. The minimum absolute atomic E-state index is 0.345. The van der Waals surface area contributed by atoms with E-state index in [1.807, 2.05) is 0 Å². The fourth-order valence-corrected chi connectivity index (χ4v) is 3.54. The third-order valence-corrected chi connectivity index (χ3v) is 5.18. The van der Waals surface area contributed by atoms with Crippen LogP contribution in [0.25, 0.3) is 6.08 Å². The Labute approximate surface area is 150 Å². The molecule has 0 saturated carbocycles. The molecule has 0 aliphatic carbocycles. The van der Waals surface area contributed by atoms with E-state index in [-0.39, 0.29) is 0 Å². The molecular weight excluding hydrogens is 318 g/mol. The SMILES string of the molecule is S=C(NC[C@H]1CCCO1)N1CC[NH+](C/C=C/c2ccccc2)CC1. The Morgan fingerprint density at radius 1 is 1.29 bits per heavy atom. The molecule has 2 aliphatic rings. The number of nitrogens with one attached hydrogen (secondary N) is 2. The molecule has 0 amide bonds. The lowest BCUT2D eigenvalue weighted by Crippen LogP contribution is -3.14. The largest absolute Gasteiger partial charge is 0.376 e. The molecule has 0 bridgehead atoms. The first-order valence-electron chi connectivity index (χ1n) is 9.01. The van der Waals surface area contributed by atoms with Crippen LogP contribution in [0.3, 0.4) is 0 Å². The van der Waals surface area contributed by atoms with Gasteiger partial charge in [0.2, 0.25) is 0 Å². The number of hydrogen-bond donors (Lipinski definition) is 2. The van der Waals surface area contributed by atoms with Gasteiger partial charge in [-0.2, -0.15) is 0 Å². The molecule has 3 rings (SSSR count). The molecule has 2 heterocycles. The summed E-state index contributed by atoms with van der Waals surface area (Å²) in [5.41, 5.74) is 1.27. The zero-order valence-electron chi connectivity index (χ0n) is 14.2. The second kappa shape index (κ2) is 9.16. The maximum Gasteiger partial charge on any atom is 0.169 e. The summed E-state index contributed by atoms with van der Waals surface area (Å²) < 4.78 is 5.64. The summed E-state index contributed by atoms with van der Waals surface area (Å²) in [5.74, 6) is 0. The number of quaternary nitrogens is 1. The molecule has 0 aromatic heterocycles. The van der Waals surface area contributed by atoms with Crippen LogP contribution in [0.4, 0.5) is 0 Å². The van der Waals surface area contributed by atoms with Gasteiger partial charge in [-0.1, -0.05) is 36.4 Å². The predicted molar refractivity (Wildman–Crippen MR) is 102 cm³/mol. The maximum atomic E-state index is 5.64. The number of benzene rings is 1. The van der Waals surface area contributed by atoms with Gasteiger partial charge in [-0.25, -0.2) is 0 Å². The Kier molecular flexibility index (Phi) is 6.64. The highest BCUT2D eigenvalue weighted by atomic mass is 32.1. The summed E-state index contributed by atoms with van der Waals surface area (Å²) in [6, 6.07) is 10.5. The molecule has 2 saturated heterocycles. The van der Waals surface area contributed by atoms with Gasteiger partial charge < -0.3 is 19.9 Å². The fourth-order valence-electron chi connectivity index (χ4n) is 3.27. The van der Waals surface area contributed by atoms with E-state index in [0.29, 0.717) is 6.10 Å². The van der Waals surface area contributed by atoms with Gasteiger partial charge in [0.15, 0.2) is 5.11 Å². The summed E-state index contributed by atoms with van der Waals surface area (Å²) in [4.78, 5) is 3.93. The molecule has 0 spiro atoms. The molecule has 24 heavy (non-hydrogen) atoms. The molecule has 0 unspecified atom stereocenters. The van der Waals surface area contributed by atoms with Gasteiger partial charge in [0.05, 0.1) is 38.8 Å². The zero-order chi connectivity index (χ0) is 16.6. The van der Waals surface area contributed by atoms with Crippen molar-refractivity contribution in [3.05, 3.63) is 42.0 Å². The fraction of sp³-hybridized carbons (Fsp3) is 0.526. The van der Waals surface area contributed by atoms with Crippen molar-refractivity contribution in [1.29, 1.82) is 0 Å². The van der Waals surface area contributed by atoms with Crippen LogP contribution in [0.15, 0.2) is 36.4 Å². The van der Waals surface area contributed by atoms with Crippen LogP contribution in [0.2, 0.25) is 0 Å². The standard InChI is InChI=1S/C19H27N3OS/c24-19(20-16-18-9-5-15-23-18)22-13-11-21(12-14-22)10-4-8-17-6-2-1-3-7-17/h1-4,6-8,18H,5,9-16H2,(H,20,24)/p+1/b8-4+/t18-/m1/s1. The minimum Gasteiger partial charge on any atom is -0.376 e. The molecule has 1 aromatic carbocycles. The Morgan fingerprint density at radius 2 is 2.08 bits per heavy atom. The van der Waals surface area contributed by atoms with Crippen LogP contribution in [0, 0.1) is 0 Å². The lowest BCUT2D eigenvalue weighted by Gasteiger charge is -2.33. The van der Waals surface area contributed by atoms with Crippen molar-refractivity contribution in [3.8, 4) is 0 Å². The van der Waals surface area contributed by atoms with Gasteiger partial charge >= 0.3 is 0 Å². The molecule has 4 nitrogen and oxygen atoms in total. The highest BCUT2D eigenvalue weighted by Crippen LogP contribution is 2.10. The monoisotopic (exact) mass is 346 g/mol. The number of rotatable bonds is 5. The van der Waals surface area contributed by atoms with E-state index in [0.717, 1.165) is 57.4 Å². The smallest absolute Gasteiger partial charge is 0.169 e. The van der Waals surface area contributed by atoms with E-state index in [9.17, 15) is 0 Å². The Morgan fingerprint density at radius 3 is 2.79 bits per heavy atom. The van der Waals surface area contributed by atoms with E-state index >= 15 is 0 Å². The van der Waals surface area contributed by atoms with Crippen LogP contribution in [0.1, 0.15) is 18.4 Å². The quantitative estimate of drug-likeness (QED) is 0.777. The molecule has 130 valence electrons. The Balaban J connectivity index is 1.34. The highest BCUT2D eigenvalue weighted by Gasteiger charge is 2.22. The first kappa shape index (κ1) is 17.4. The van der Waals surface area contributed by atoms with Gasteiger partial charge in [0.25, 0.3) is 0 Å². The van der Waals surface area contributed by atoms with Gasteiger partial charge in [0.1, 0.15) is 0 Å². The summed E-state index contributed by atoms with van der Waals surface area (Å²) in [6.07, 6.45) is 7.18. The van der Waals surface area contributed by atoms with Crippen molar-refractivity contribution in [2.24, 2.45) is 0 Å². The number of ether oxygens (including phenoxy) is 1. The zero-order valence-corrected chi connectivity index (χ0v) is 15.1. The lowest BCUT2D eigenvalue weighted by atomic mass is 10.2. The van der Waals surface area contributed by atoms with Crippen molar-refractivity contribution in [1.82, 2.24) is 10.2 Å². The van der Waals surface area contributed by atoms with Crippen molar-refractivity contribution >= 4 is 23.4 Å². The maximum absolute atomic E-state index is 5.64. The van der Waals surface area contributed by atoms with Crippen molar-refractivity contribution in [2.75, 3.05) is 45.9 Å². The van der Waals surface area contributed by atoms with Gasteiger partial charge in [-0.3, -0.25) is 0 Å². The molecule has 0 radical (unpaired) electrons. The summed E-state index contributed by atoms with van der Waals surface area (Å²) in [5, 5.41) is 4.28. The van der Waals surface area contributed by atoms with Crippen LogP contribution < -0.4 is 10.2 Å². The van der Waals surface area contributed by atoms with Crippen molar-refractivity contribution < 1.29 is 9.64 Å². The van der Waals surface area contributed by atoms with Gasteiger partial charge in [0, 0.05) is 13.2 Å². The van der Waals surface area contributed by atoms with Crippen LogP contribution >= 0.6 is 12.2 Å². The number of hydrogen-bond acceptors (Lipinski definition) is 2. The molecule has 2 aliphatic heterocycles. The van der Waals surface area contributed by atoms with E-state index in [1.54, 1.807) is 4.90 Å². The van der Waals surface area contributed by atoms with Crippen molar-refractivity contribution in [2.45, 2.75) is 18.9 Å². The molecular formula is C19H28N3OS+. The average molecular weight is 347 g/mol. The third-order valence-electron chi connectivity index (χ3n) is 4.78. The van der Waals surface area contributed by atoms with E-state index in [2.05, 4.69) is 52.7 Å². The Bertz CT molecular complexity index is 535. The average Bonchev–Trinajstić information content (AvgIpc) is 3.15.